The average molecular weight is 371 g/mol. The highest BCUT2D eigenvalue weighted by molar-refractivity contribution is 5.85. The number of carbonyl (C=O) groups is 1. The molecule has 2 aliphatic rings. The van der Waals surface area contributed by atoms with E-state index in [1.807, 2.05) is 4.90 Å². The first-order chi connectivity index (χ1) is 11.6. The first kappa shape index (κ1) is 20.1. The minimum Gasteiger partial charge on any atom is -0.370 e. The Morgan fingerprint density at radius 2 is 2.16 bits per heavy atom. The van der Waals surface area contributed by atoms with Crippen molar-refractivity contribution in [3.8, 4) is 0 Å². The van der Waals surface area contributed by atoms with Crippen molar-refractivity contribution in [2.24, 2.45) is 11.8 Å². The number of nitrogens with one attached hydrogen (secondary N) is 1. The summed E-state index contributed by atoms with van der Waals surface area (Å²) in [6.07, 6.45) is 2.86. The van der Waals surface area contributed by atoms with Gasteiger partial charge in [-0.05, 0) is 55.5 Å². The molecule has 140 valence electrons. The van der Waals surface area contributed by atoms with Gasteiger partial charge in [-0.1, -0.05) is 19.1 Å². The summed E-state index contributed by atoms with van der Waals surface area (Å²) in [5.74, 6) is 0.954. The number of nitrogens with zero attached hydrogens (tertiary/aromatic N) is 1. The molecule has 0 spiro atoms. The van der Waals surface area contributed by atoms with Crippen molar-refractivity contribution < 1.29 is 13.9 Å². The van der Waals surface area contributed by atoms with Gasteiger partial charge in [0.05, 0.1) is 13.2 Å². The molecule has 1 amide bonds. The fraction of sp³-hybridized carbons (Fsp3) is 0.632. The molecule has 6 heteroatoms. The molecule has 1 aromatic carbocycles. The molecule has 2 aliphatic heterocycles. The van der Waals surface area contributed by atoms with Crippen LogP contribution < -0.4 is 5.32 Å². The lowest BCUT2D eigenvalue weighted by molar-refractivity contribution is -0.140. The lowest BCUT2D eigenvalue weighted by Gasteiger charge is -2.35. The van der Waals surface area contributed by atoms with Crippen LogP contribution in [-0.4, -0.2) is 43.6 Å². The van der Waals surface area contributed by atoms with Gasteiger partial charge in [0.2, 0.25) is 5.91 Å². The van der Waals surface area contributed by atoms with Crippen LogP contribution in [0.3, 0.4) is 0 Å². The molecular weight excluding hydrogens is 343 g/mol. The highest BCUT2D eigenvalue weighted by atomic mass is 35.5. The molecule has 2 saturated heterocycles. The minimum atomic E-state index is -0.252. The Labute approximate surface area is 155 Å². The number of benzene rings is 1. The molecule has 3 unspecified atom stereocenters. The lowest BCUT2D eigenvalue weighted by atomic mass is 9.85. The second kappa shape index (κ2) is 9.51. The van der Waals surface area contributed by atoms with E-state index in [-0.39, 0.29) is 30.2 Å². The maximum Gasteiger partial charge on any atom is 0.223 e. The molecule has 1 N–H and O–H groups in total. The number of rotatable bonds is 4. The third-order valence-electron chi connectivity index (χ3n) is 5.30. The van der Waals surface area contributed by atoms with E-state index in [9.17, 15) is 9.18 Å². The largest absolute Gasteiger partial charge is 0.370 e. The normalized spacial score (nSPS) is 25.1. The molecule has 0 aromatic heterocycles. The van der Waals surface area contributed by atoms with Gasteiger partial charge in [-0.2, -0.15) is 0 Å². The Bertz CT molecular complexity index is 549. The first-order valence-electron chi connectivity index (χ1n) is 8.99. The summed E-state index contributed by atoms with van der Waals surface area (Å²) in [5, 5.41) is 3.43. The Kier molecular flexibility index (Phi) is 7.66. The third-order valence-corrected chi connectivity index (χ3v) is 5.30. The van der Waals surface area contributed by atoms with Crippen LogP contribution in [0, 0.1) is 17.7 Å². The van der Waals surface area contributed by atoms with E-state index >= 15 is 0 Å². The molecule has 4 nitrogen and oxygen atoms in total. The molecule has 0 radical (unpaired) electrons. The van der Waals surface area contributed by atoms with Gasteiger partial charge in [0.25, 0.3) is 0 Å². The van der Waals surface area contributed by atoms with E-state index in [2.05, 4.69) is 12.2 Å². The Morgan fingerprint density at radius 3 is 2.84 bits per heavy atom. The standard InChI is InChI=1S/C19H27FN2O2.ClH/c1-14(16-3-2-8-21-12-16)11-19(23)22-9-10-24-18(13-22)15-4-6-17(20)7-5-15;/h4-7,14,16,18,21H,2-3,8-13H2,1H3;1H. The summed E-state index contributed by atoms with van der Waals surface area (Å²) in [6, 6.07) is 6.36. The third kappa shape index (κ3) is 5.40. The minimum absolute atomic E-state index is 0. The average Bonchev–Trinajstić information content (AvgIpc) is 2.63. The molecule has 1 aromatic rings. The summed E-state index contributed by atoms with van der Waals surface area (Å²) in [5.41, 5.74) is 0.929. The highest BCUT2D eigenvalue weighted by Crippen LogP contribution is 2.26. The van der Waals surface area contributed by atoms with Crippen molar-refractivity contribution in [1.29, 1.82) is 0 Å². The van der Waals surface area contributed by atoms with Crippen molar-refractivity contribution in [3.63, 3.8) is 0 Å². The first-order valence-corrected chi connectivity index (χ1v) is 8.99. The Hall–Kier alpha value is -1.17. The van der Waals surface area contributed by atoms with Crippen molar-refractivity contribution in [2.45, 2.75) is 32.3 Å². The van der Waals surface area contributed by atoms with Crippen LogP contribution in [0.5, 0.6) is 0 Å². The van der Waals surface area contributed by atoms with Gasteiger partial charge in [0, 0.05) is 13.0 Å². The van der Waals surface area contributed by atoms with Crippen LogP contribution in [0.4, 0.5) is 4.39 Å². The Balaban J connectivity index is 0.00000225. The summed E-state index contributed by atoms with van der Waals surface area (Å²) >= 11 is 0. The zero-order valence-electron chi connectivity index (χ0n) is 14.7. The van der Waals surface area contributed by atoms with E-state index in [4.69, 9.17) is 4.74 Å². The number of hydrogen-bond donors (Lipinski definition) is 1. The second-order valence-corrected chi connectivity index (χ2v) is 7.04. The predicted molar refractivity (Wildman–Crippen MR) is 98.3 cm³/mol. The van der Waals surface area contributed by atoms with Gasteiger partial charge in [0.1, 0.15) is 11.9 Å². The number of ether oxygens (including phenoxy) is 1. The topological polar surface area (TPSA) is 41.6 Å². The van der Waals surface area contributed by atoms with Crippen LogP contribution in [-0.2, 0) is 9.53 Å². The van der Waals surface area contributed by atoms with E-state index in [0.717, 1.165) is 18.7 Å². The smallest absolute Gasteiger partial charge is 0.223 e. The van der Waals surface area contributed by atoms with E-state index in [0.29, 0.717) is 38.0 Å². The van der Waals surface area contributed by atoms with Crippen LogP contribution in [0.25, 0.3) is 0 Å². The van der Waals surface area contributed by atoms with Gasteiger partial charge in [-0.3, -0.25) is 4.79 Å². The molecule has 3 rings (SSSR count). The van der Waals surface area contributed by atoms with Gasteiger partial charge in [-0.25, -0.2) is 4.39 Å². The highest BCUT2D eigenvalue weighted by Gasteiger charge is 2.28. The number of carbonyl (C=O) groups excluding carboxylic acids is 1. The second-order valence-electron chi connectivity index (χ2n) is 7.04. The summed E-state index contributed by atoms with van der Waals surface area (Å²) in [7, 11) is 0. The monoisotopic (exact) mass is 370 g/mol. The molecule has 0 bridgehead atoms. The van der Waals surface area contributed by atoms with Crippen molar-refractivity contribution >= 4 is 18.3 Å². The molecule has 3 atom stereocenters. The quantitative estimate of drug-likeness (QED) is 0.885. The summed E-state index contributed by atoms with van der Waals surface area (Å²) in [4.78, 5) is 14.6. The van der Waals surface area contributed by atoms with Crippen LogP contribution in [0.1, 0.15) is 37.9 Å². The summed E-state index contributed by atoms with van der Waals surface area (Å²) < 4.78 is 18.8. The van der Waals surface area contributed by atoms with Crippen LogP contribution >= 0.6 is 12.4 Å². The zero-order chi connectivity index (χ0) is 16.9. The fourth-order valence-corrected chi connectivity index (χ4v) is 3.69. The van der Waals surface area contributed by atoms with Gasteiger partial charge < -0.3 is 15.0 Å². The summed E-state index contributed by atoms with van der Waals surface area (Å²) in [6.45, 7) is 6.04. The van der Waals surface area contributed by atoms with Crippen LogP contribution in [0.2, 0.25) is 0 Å². The number of hydrogen-bond acceptors (Lipinski definition) is 3. The zero-order valence-corrected chi connectivity index (χ0v) is 15.6. The number of morpholine rings is 1. The SMILES string of the molecule is CC(CC(=O)N1CCOC(c2ccc(F)cc2)C1)C1CCCNC1.Cl. The van der Waals surface area contributed by atoms with E-state index < -0.39 is 0 Å². The van der Waals surface area contributed by atoms with Crippen molar-refractivity contribution in [3.05, 3.63) is 35.6 Å². The molecular formula is C19H28ClFN2O2. The molecule has 2 fully saturated rings. The van der Waals surface area contributed by atoms with Gasteiger partial charge in [-0.15, -0.1) is 12.4 Å². The lowest BCUT2D eigenvalue weighted by Crippen LogP contribution is -2.43. The molecule has 0 aliphatic carbocycles. The number of halogens is 2. The molecule has 2 heterocycles. The van der Waals surface area contributed by atoms with Crippen molar-refractivity contribution in [2.75, 3.05) is 32.8 Å². The van der Waals surface area contributed by atoms with Gasteiger partial charge in [0.15, 0.2) is 0 Å². The number of piperidine rings is 1. The predicted octanol–water partition coefficient (Wildman–Crippen LogP) is 3.17. The fourth-order valence-electron chi connectivity index (χ4n) is 3.69. The Morgan fingerprint density at radius 1 is 1.40 bits per heavy atom. The molecule has 0 saturated carbocycles. The molecule has 25 heavy (non-hydrogen) atoms. The maximum atomic E-state index is 13.1. The van der Waals surface area contributed by atoms with E-state index in [1.165, 1.54) is 25.0 Å². The maximum absolute atomic E-state index is 13.1. The number of amides is 1. The van der Waals surface area contributed by atoms with Crippen molar-refractivity contribution in [1.82, 2.24) is 10.2 Å². The van der Waals surface area contributed by atoms with Crippen LogP contribution in [0.15, 0.2) is 24.3 Å². The van der Waals surface area contributed by atoms with Gasteiger partial charge >= 0.3 is 0 Å². The van der Waals surface area contributed by atoms with E-state index in [1.54, 1.807) is 12.1 Å².